The Balaban J connectivity index is 4.82. The van der Waals surface area contributed by atoms with Crippen LogP contribution >= 0.6 is 0 Å². The fourth-order valence-corrected chi connectivity index (χ4v) is 9.75. The van der Waals surface area contributed by atoms with Gasteiger partial charge in [0.25, 0.3) is 35.5 Å². The van der Waals surface area contributed by atoms with E-state index in [-0.39, 0.29) is 12.8 Å². The smallest absolute Gasteiger partial charge is 0.213 e. The van der Waals surface area contributed by atoms with E-state index in [4.69, 9.17) is 0 Å². The second kappa shape index (κ2) is 10.2. The fraction of sp³-hybridized carbons (Fsp3) is 1.00. The van der Waals surface area contributed by atoms with Crippen molar-refractivity contribution in [2.24, 2.45) is 0 Å². The zero-order chi connectivity index (χ0) is 19.8. The molecular weight excluding hydrogens is 412 g/mol. The highest BCUT2D eigenvalue weighted by atomic mass is 33.2. The highest BCUT2D eigenvalue weighted by molar-refractivity contribution is 8.67. The van der Waals surface area contributed by atoms with Crippen molar-refractivity contribution in [2.75, 3.05) is 23.0 Å². The molecule has 0 aliphatic rings. The second-order valence-electron chi connectivity index (χ2n) is 5.81. The van der Waals surface area contributed by atoms with Gasteiger partial charge in [-0.15, -0.1) is 0 Å². The van der Waals surface area contributed by atoms with E-state index in [2.05, 4.69) is 0 Å². The van der Waals surface area contributed by atoms with Crippen LogP contribution in [0.2, 0.25) is 0 Å². The van der Waals surface area contributed by atoms with Crippen molar-refractivity contribution >= 4 is 35.5 Å². The summed E-state index contributed by atoms with van der Waals surface area (Å²) in [6, 6.07) is 0. The summed E-state index contributed by atoms with van der Waals surface area (Å²) in [7, 11) is -17.8. The molecular formula is C13H28O8S4. The zero-order valence-electron chi connectivity index (χ0n) is 14.7. The molecule has 25 heavy (non-hydrogen) atoms. The predicted molar refractivity (Wildman–Crippen MR) is 98.8 cm³/mol. The molecule has 0 aromatic heterocycles. The van der Waals surface area contributed by atoms with Gasteiger partial charge in [0.15, 0.2) is 0 Å². The minimum Gasteiger partial charge on any atom is -0.213 e. The summed E-state index contributed by atoms with van der Waals surface area (Å²) in [6.07, 6.45) is 2.45. The number of rotatable bonds is 14. The minimum absolute atomic E-state index is 0.210. The Morgan fingerprint density at radius 1 is 0.400 bits per heavy atom. The molecule has 0 rings (SSSR count). The molecule has 0 amide bonds. The third-order valence-electron chi connectivity index (χ3n) is 3.56. The van der Waals surface area contributed by atoms with Gasteiger partial charge in [0.1, 0.15) is 0 Å². The van der Waals surface area contributed by atoms with Crippen LogP contribution in [0.3, 0.4) is 0 Å². The standard InChI is InChI=1S/C13H28O8S4/c1-3-5-7-10-22(14,15)24(18,19)12-9-13-25(20,21)23(16,17)11-8-6-4-2/h3-13H2,1-2H3. The predicted octanol–water partition coefficient (Wildman–Crippen LogP) is 1.25. The molecule has 0 saturated carbocycles. The summed E-state index contributed by atoms with van der Waals surface area (Å²) >= 11 is 0. The van der Waals surface area contributed by atoms with Gasteiger partial charge in [-0.25, -0.2) is 33.7 Å². The van der Waals surface area contributed by atoms with Gasteiger partial charge in [-0.1, -0.05) is 39.5 Å². The number of hydrogen-bond acceptors (Lipinski definition) is 8. The molecule has 0 aromatic rings. The van der Waals surface area contributed by atoms with Crippen LogP contribution in [0.5, 0.6) is 0 Å². The van der Waals surface area contributed by atoms with Crippen molar-refractivity contribution in [3.05, 3.63) is 0 Å². The Bertz CT molecular complexity index is 735. The molecule has 0 aliphatic heterocycles. The van der Waals surface area contributed by atoms with E-state index in [0.29, 0.717) is 12.8 Å². The normalized spacial score (nSPS) is 13.8. The van der Waals surface area contributed by atoms with Gasteiger partial charge >= 0.3 is 0 Å². The van der Waals surface area contributed by atoms with Gasteiger partial charge in [-0.05, 0) is 19.3 Å². The average Bonchev–Trinajstić information content (AvgIpc) is 2.46. The molecule has 0 N–H and O–H groups in total. The molecule has 0 heterocycles. The van der Waals surface area contributed by atoms with Crippen molar-refractivity contribution in [3.8, 4) is 0 Å². The maximum absolute atomic E-state index is 11.9. The van der Waals surface area contributed by atoms with E-state index >= 15 is 0 Å². The summed E-state index contributed by atoms with van der Waals surface area (Å²) in [6.45, 7) is 3.68. The SMILES string of the molecule is CCCCCS(=O)(=O)S(=O)(=O)CCCS(=O)(=O)S(=O)(=O)CCCCC. The molecule has 0 unspecified atom stereocenters. The first kappa shape index (κ1) is 24.8. The van der Waals surface area contributed by atoms with Gasteiger partial charge in [-0.3, -0.25) is 0 Å². The second-order valence-corrected chi connectivity index (χ2v) is 18.0. The molecule has 0 spiro atoms. The Kier molecular flexibility index (Phi) is 10.1. The summed E-state index contributed by atoms with van der Waals surface area (Å²) in [4.78, 5) is 0. The largest absolute Gasteiger partial charge is 0.253 e. The Morgan fingerprint density at radius 2 is 0.640 bits per heavy atom. The first-order chi connectivity index (χ1) is 11.3. The van der Waals surface area contributed by atoms with Crippen LogP contribution in [0, 0.1) is 0 Å². The molecule has 8 nitrogen and oxygen atoms in total. The first-order valence-electron chi connectivity index (χ1n) is 8.24. The van der Waals surface area contributed by atoms with Gasteiger partial charge in [0.2, 0.25) is 0 Å². The Morgan fingerprint density at radius 3 is 0.880 bits per heavy atom. The van der Waals surface area contributed by atoms with Gasteiger partial charge in [0, 0.05) is 0 Å². The van der Waals surface area contributed by atoms with E-state index in [1.54, 1.807) is 0 Å². The van der Waals surface area contributed by atoms with E-state index in [0.717, 1.165) is 12.8 Å². The average molecular weight is 441 g/mol. The molecule has 0 fully saturated rings. The van der Waals surface area contributed by atoms with Crippen LogP contribution in [-0.4, -0.2) is 56.7 Å². The van der Waals surface area contributed by atoms with Crippen LogP contribution in [0.15, 0.2) is 0 Å². The van der Waals surface area contributed by atoms with Gasteiger partial charge in [-0.2, -0.15) is 0 Å². The van der Waals surface area contributed by atoms with Crippen molar-refractivity contribution in [2.45, 2.75) is 58.8 Å². The van der Waals surface area contributed by atoms with Crippen LogP contribution < -0.4 is 0 Å². The fourth-order valence-electron chi connectivity index (χ4n) is 1.98. The van der Waals surface area contributed by atoms with Crippen molar-refractivity contribution in [1.82, 2.24) is 0 Å². The summed E-state index contributed by atoms with van der Waals surface area (Å²) in [5.74, 6) is -2.81. The minimum atomic E-state index is -4.52. The molecule has 0 radical (unpaired) electrons. The third-order valence-corrected chi connectivity index (χ3v) is 14.9. The zero-order valence-corrected chi connectivity index (χ0v) is 17.9. The first-order valence-corrected chi connectivity index (χ1v) is 15.9. The molecule has 0 aromatic carbocycles. The quantitative estimate of drug-likeness (QED) is 0.291. The van der Waals surface area contributed by atoms with Crippen LogP contribution in [-0.2, 0) is 35.5 Å². The van der Waals surface area contributed by atoms with Crippen LogP contribution in [0.1, 0.15) is 58.8 Å². The molecule has 0 bridgehead atoms. The lowest BCUT2D eigenvalue weighted by atomic mass is 10.3. The molecule has 12 heteroatoms. The topological polar surface area (TPSA) is 137 Å². The molecule has 0 saturated heterocycles. The van der Waals surface area contributed by atoms with Crippen molar-refractivity contribution in [3.63, 3.8) is 0 Å². The summed E-state index contributed by atoms with van der Waals surface area (Å²) in [5, 5.41) is 0. The third kappa shape index (κ3) is 7.92. The van der Waals surface area contributed by atoms with Gasteiger partial charge in [0.05, 0.1) is 23.0 Å². The number of hydrogen-bond donors (Lipinski definition) is 0. The molecule has 0 atom stereocenters. The van der Waals surface area contributed by atoms with E-state index in [1.807, 2.05) is 13.8 Å². The van der Waals surface area contributed by atoms with E-state index < -0.39 is 64.9 Å². The lowest BCUT2D eigenvalue weighted by Crippen LogP contribution is -2.26. The van der Waals surface area contributed by atoms with Crippen LogP contribution in [0.25, 0.3) is 0 Å². The van der Waals surface area contributed by atoms with Crippen molar-refractivity contribution in [1.29, 1.82) is 0 Å². The Hall–Kier alpha value is -0.200. The lowest BCUT2D eigenvalue weighted by molar-refractivity contribution is 0.575. The monoisotopic (exact) mass is 440 g/mol. The maximum atomic E-state index is 11.9. The van der Waals surface area contributed by atoms with Crippen LogP contribution in [0.4, 0.5) is 0 Å². The maximum Gasteiger partial charge on any atom is 0.253 e. The van der Waals surface area contributed by atoms with E-state index in [1.165, 1.54) is 0 Å². The number of unbranched alkanes of at least 4 members (excludes halogenated alkanes) is 4. The molecule has 152 valence electrons. The molecule has 0 aliphatic carbocycles. The lowest BCUT2D eigenvalue weighted by Gasteiger charge is -2.08. The van der Waals surface area contributed by atoms with Crippen molar-refractivity contribution < 1.29 is 33.7 Å². The van der Waals surface area contributed by atoms with Gasteiger partial charge < -0.3 is 0 Å². The highest BCUT2D eigenvalue weighted by Crippen LogP contribution is 2.14. The Labute approximate surface area is 150 Å². The summed E-state index contributed by atoms with van der Waals surface area (Å²) in [5.41, 5.74) is 0. The van der Waals surface area contributed by atoms with E-state index in [9.17, 15) is 33.7 Å². The highest BCUT2D eigenvalue weighted by Gasteiger charge is 2.32. The summed E-state index contributed by atoms with van der Waals surface area (Å²) < 4.78 is 94.6.